The van der Waals surface area contributed by atoms with Crippen LogP contribution in [0.5, 0.6) is 0 Å². The van der Waals surface area contributed by atoms with Gasteiger partial charge in [-0.15, -0.1) is 0 Å². The number of anilines is 1. The van der Waals surface area contributed by atoms with E-state index in [1.165, 1.54) is 12.1 Å². The molecular weight excluding hydrogens is 237 g/mol. The van der Waals surface area contributed by atoms with Crippen molar-refractivity contribution in [2.24, 2.45) is 0 Å². The van der Waals surface area contributed by atoms with Gasteiger partial charge in [0, 0.05) is 19.7 Å². The van der Waals surface area contributed by atoms with E-state index in [4.69, 9.17) is 9.84 Å². The highest BCUT2D eigenvalue weighted by Crippen LogP contribution is 2.22. The van der Waals surface area contributed by atoms with Gasteiger partial charge in [0.05, 0.1) is 17.9 Å². The van der Waals surface area contributed by atoms with E-state index in [0.717, 1.165) is 6.07 Å². The summed E-state index contributed by atoms with van der Waals surface area (Å²) in [5.74, 6) is -1.66. The van der Waals surface area contributed by atoms with Crippen LogP contribution in [0.3, 0.4) is 0 Å². The fourth-order valence-electron chi connectivity index (χ4n) is 1.72. The van der Waals surface area contributed by atoms with E-state index in [1.54, 1.807) is 7.11 Å². The molecule has 0 unspecified atom stereocenters. The summed E-state index contributed by atoms with van der Waals surface area (Å²) in [5.41, 5.74) is 0.346. The summed E-state index contributed by atoms with van der Waals surface area (Å²) in [6.07, 6.45) is 0. The summed E-state index contributed by atoms with van der Waals surface area (Å²) in [4.78, 5) is 12.6. The molecule has 0 fully saturated rings. The van der Waals surface area contributed by atoms with Crippen molar-refractivity contribution in [2.45, 2.75) is 19.9 Å². The van der Waals surface area contributed by atoms with Gasteiger partial charge in [0.25, 0.3) is 0 Å². The zero-order chi connectivity index (χ0) is 13.7. The molecule has 0 saturated carbocycles. The van der Waals surface area contributed by atoms with Crippen LogP contribution in [0.1, 0.15) is 24.2 Å². The van der Waals surface area contributed by atoms with Gasteiger partial charge in [-0.1, -0.05) is 0 Å². The lowest BCUT2D eigenvalue weighted by Crippen LogP contribution is -2.34. The van der Waals surface area contributed by atoms with E-state index in [9.17, 15) is 9.18 Å². The molecule has 1 aromatic rings. The van der Waals surface area contributed by atoms with E-state index < -0.39 is 11.8 Å². The number of benzene rings is 1. The second kappa shape index (κ2) is 6.35. The first-order chi connectivity index (χ1) is 8.47. The number of carboxylic acid groups (broad SMARTS) is 1. The number of carboxylic acids is 1. The minimum Gasteiger partial charge on any atom is -0.478 e. The van der Waals surface area contributed by atoms with Crippen LogP contribution in [0.25, 0.3) is 0 Å². The van der Waals surface area contributed by atoms with Crippen molar-refractivity contribution in [3.05, 3.63) is 29.6 Å². The van der Waals surface area contributed by atoms with Crippen molar-refractivity contribution in [3.8, 4) is 0 Å². The average molecular weight is 255 g/mol. The number of halogens is 1. The Morgan fingerprint density at radius 2 is 2.17 bits per heavy atom. The Hall–Kier alpha value is -1.62. The van der Waals surface area contributed by atoms with Gasteiger partial charge in [-0.05, 0) is 32.0 Å². The molecule has 0 atom stereocenters. The van der Waals surface area contributed by atoms with Gasteiger partial charge in [-0.3, -0.25) is 0 Å². The van der Waals surface area contributed by atoms with Crippen molar-refractivity contribution in [1.82, 2.24) is 0 Å². The number of carbonyl (C=O) groups is 1. The standard InChI is InChI=1S/C13H18FNO3/c1-9(2)15(6-7-18-3)12-5-4-10(13(16)17)8-11(12)14/h4-5,8-9H,6-7H2,1-3H3,(H,16,17). The maximum atomic E-state index is 13.9. The van der Waals surface area contributed by atoms with E-state index in [1.807, 2.05) is 18.7 Å². The minimum atomic E-state index is -1.13. The summed E-state index contributed by atoms with van der Waals surface area (Å²) >= 11 is 0. The second-order valence-corrected chi connectivity index (χ2v) is 4.25. The fourth-order valence-corrected chi connectivity index (χ4v) is 1.72. The lowest BCUT2D eigenvalue weighted by Gasteiger charge is -2.29. The maximum absolute atomic E-state index is 13.9. The molecule has 100 valence electrons. The fraction of sp³-hybridized carbons (Fsp3) is 0.462. The largest absolute Gasteiger partial charge is 0.478 e. The monoisotopic (exact) mass is 255 g/mol. The second-order valence-electron chi connectivity index (χ2n) is 4.25. The van der Waals surface area contributed by atoms with Gasteiger partial charge in [0.2, 0.25) is 0 Å². The van der Waals surface area contributed by atoms with Crippen LogP contribution < -0.4 is 4.90 Å². The Labute approximate surface area is 106 Å². The van der Waals surface area contributed by atoms with Crippen LogP contribution in [0.4, 0.5) is 10.1 Å². The molecule has 5 heteroatoms. The molecule has 0 amide bonds. The molecule has 0 aromatic heterocycles. The smallest absolute Gasteiger partial charge is 0.335 e. The van der Waals surface area contributed by atoms with Crippen LogP contribution in [0.2, 0.25) is 0 Å². The maximum Gasteiger partial charge on any atom is 0.335 e. The van der Waals surface area contributed by atoms with Crippen molar-refractivity contribution in [1.29, 1.82) is 0 Å². The number of ether oxygens (including phenoxy) is 1. The van der Waals surface area contributed by atoms with Gasteiger partial charge in [-0.2, -0.15) is 0 Å². The normalized spacial score (nSPS) is 10.7. The Morgan fingerprint density at radius 1 is 1.50 bits per heavy atom. The third-order valence-electron chi connectivity index (χ3n) is 2.66. The number of rotatable bonds is 6. The molecular formula is C13H18FNO3. The predicted octanol–water partition coefficient (Wildman–Crippen LogP) is 2.39. The third-order valence-corrected chi connectivity index (χ3v) is 2.66. The number of methoxy groups -OCH3 is 1. The number of aromatic carboxylic acids is 1. The lowest BCUT2D eigenvalue weighted by atomic mass is 10.1. The van der Waals surface area contributed by atoms with E-state index in [-0.39, 0.29) is 11.6 Å². The summed E-state index contributed by atoms with van der Waals surface area (Å²) in [5, 5.41) is 8.79. The summed E-state index contributed by atoms with van der Waals surface area (Å²) in [7, 11) is 1.59. The molecule has 0 saturated heterocycles. The van der Waals surface area contributed by atoms with Gasteiger partial charge in [-0.25, -0.2) is 9.18 Å². The van der Waals surface area contributed by atoms with Crippen LogP contribution in [-0.4, -0.2) is 37.4 Å². The molecule has 18 heavy (non-hydrogen) atoms. The zero-order valence-corrected chi connectivity index (χ0v) is 10.8. The Balaban J connectivity index is 3.01. The molecule has 0 aliphatic carbocycles. The number of nitrogens with zero attached hydrogens (tertiary/aromatic N) is 1. The lowest BCUT2D eigenvalue weighted by molar-refractivity contribution is 0.0696. The quantitative estimate of drug-likeness (QED) is 0.848. The van der Waals surface area contributed by atoms with Gasteiger partial charge in [0.15, 0.2) is 0 Å². The molecule has 0 aliphatic rings. The van der Waals surface area contributed by atoms with Crippen LogP contribution in [0.15, 0.2) is 18.2 Å². The Kier molecular flexibility index (Phi) is 5.09. The SMILES string of the molecule is COCCN(c1ccc(C(=O)O)cc1F)C(C)C. The highest BCUT2D eigenvalue weighted by Gasteiger charge is 2.16. The molecule has 1 aromatic carbocycles. The summed E-state index contributed by atoms with van der Waals surface area (Å²) < 4.78 is 18.9. The number of hydrogen-bond donors (Lipinski definition) is 1. The van der Waals surface area contributed by atoms with Crippen molar-refractivity contribution >= 4 is 11.7 Å². The molecule has 0 spiro atoms. The molecule has 0 heterocycles. The molecule has 4 nitrogen and oxygen atoms in total. The zero-order valence-electron chi connectivity index (χ0n) is 10.8. The van der Waals surface area contributed by atoms with Crippen LogP contribution in [-0.2, 0) is 4.74 Å². The van der Waals surface area contributed by atoms with Gasteiger partial charge in [0.1, 0.15) is 5.82 Å². The van der Waals surface area contributed by atoms with Gasteiger partial charge >= 0.3 is 5.97 Å². The van der Waals surface area contributed by atoms with Crippen molar-refractivity contribution in [2.75, 3.05) is 25.2 Å². The van der Waals surface area contributed by atoms with E-state index in [2.05, 4.69) is 0 Å². The molecule has 0 radical (unpaired) electrons. The van der Waals surface area contributed by atoms with E-state index >= 15 is 0 Å². The Morgan fingerprint density at radius 3 is 2.61 bits per heavy atom. The predicted molar refractivity (Wildman–Crippen MR) is 67.7 cm³/mol. The topological polar surface area (TPSA) is 49.8 Å². The first-order valence-electron chi connectivity index (χ1n) is 5.75. The highest BCUT2D eigenvalue weighted by atomic mass is 19.1. The van der Waals surface area contributed by atoms with Crippen LogP contribution in [0, 0.1) is 5.82 Å². The van der Waals surface area contributed by atoms with Crippen molar-refractivity contribution < 1.29 is 19.0 Å². The molecule has 1 N–H and O–H groups in total. The average Bonchev–Trinajstić information content (AvgIpc) is 2.30. The first kappa shape index (κ1) is 14.4. The molecule has 0 aliphatic heterocycles. The Bertz CT molecular complexity index is 421. The summed E-state index contributed by atoms with van der Waals surface area (Å²) in [6.45, 7) is 4.93. The third kappa shape index (κ3) is 3.43. The summed E-state index contributed by atoms with van der Waals surface area (Å²) in [6, 6.07) is 4.04. The molecule has 1 rings (SSSR count). The highest BCUT2D eigenvalue weighted by molar-refractivity contribution is 5.88. The number of hydrogen-bond acceptors (Lipinski definition) is 3. The van der Waals surface area contributed by atoms with Gasteiger partial charge < -0.3 is 14.7 Å². The van der Waals surface area contributed by atoms with Crippen molar-refractivity contribution in [3.63, 3.8) is 0 Å². The van der Waals surface area contributed by atoms with Crippen LogP contribution >= 0.6 is 0 Å². The molecule has 0 bridgehead atoms. The minimum absolute atomic E-state index is 0.0494. The van der Waals surface area contributed by atoms with E-state index in [0.29, 0.717) is 18.8 Å². The first-order valence-corrected chi connectivity index (χ1v) is 5.75.